The number of benzene rings is 3. The molecule has 8 heteroatoms. The Bertz CT molecular complexity index is 1390. The summed E-state index contributed by atoms with van der Waals surface area (Å²) in [6, 6.07) is 19.7. The van der Waals surface area contributed by atoms with Gasteiger partial charge in [0.2, 0.25) is 0 Å². The Hall–Kier alpha value is -3.65. The molecule has 1 N–H and O–H groups in total. The van der Waals surface area contributed by atoms with Gasteiger partial charge in [0.1, 0.15) is 12.3 Å². The van der Waals surface area contributed by atoms with Crippen LogP contribution < -0.4 is 14.5 Å². The summed E-state index contributed by atoms with van der Waals surface area (Å²) in [5.41, 5.74) is 7.23. The molecule has 0 spiro atoms. The van der Waals surface area contributed by atoms with E-state index in [1.54, 1.807) is 31.2 Å². The molecular formula is C29H35N3O4S. The van der Waals surface area contributed by atoms with Crippen molar-refractivity contribution in [2.24, 2.45) is 5.10 Å². The third-order valence-electron chi connectivity index (χ3n) is 6.02. The molecule has 0 aliphatic heterocycles. The van der Waals surface area contributed by atoms with Gasteiger partial charge in [-0.3, -0.25) is 9.10 Å². The van der Waals surface area contributed by atoms with Crippen molar-refractivity contribution >= 4 is 27.3 Å². The van der Waals surface area contributed by atoms with Gasteiger partial charge in [0, 0.05) is 0 Å². The number of nitrogens with one attached hydrogen (secondary N) is 1. The lowest BCUT2D eigenvalue weighted by molar-refractivity contribution is -0.119. The number of ether oxygens (including phenoxy) is 1. The second-order valence-electron chi connectivity index (χ2n) is 10.1. The lowest BCUT2D eigenvalue weighted by Gasteiger charge is -2.25. The molecule has 3 aromatic carbocycles. The second kappa shape index (κ2) is 11.2. The highest BCUT2D eigenvalue weighted by Crippen LogP contribution is 2.33. The number of hydrogen-bond acceptors (Lipinski definition) is 5. The van der Waals surface area contributed by atoms with Gasteiger partial charge in [-0.05, 0) is 67.1 Å². The largest absolute Gasteiger partial charge is 0.495 e. The maximum absolute atomic E-state index is 13.7. The SMILES string of the molecule is COc1ccc(C)cc1N(CC(=O)N/N=C(/C)c1ccc(C(C)(C)C)cc1)S(=O)(=O)c1ccc(C)cc1. The number of amides is 1. The number of aryl methyl sites for hydroxylation is 2. The minimum atomic E-state index is -4.08. The lowest BCUT2D eigenvalue weighted by Crippen LogP contribution is -2.40. The molecule has 7 nitrogen and oxygen atoms in total. The molecule has 0 fully saturated rings. The maximum Gasteiger partial charge on any atom is 0.264 e. The number of methoxy groups -OCH3 is 1. The van der Waals surface area contributed by atoms with Crippen LogP contribution in [-0.4, -0.2) is 33.7 Å². The Kier molecular flexibility index (Phi) is 8.43. The zero-order valence-corrected chi connectivity index (χ0v) is 23.3. The minimum Gasteiger partial charge on any atom is -0.495 e. The van der Waals surface area contributed by atoms with Crippen molar-refractivity contribution in [3.05, 3.63) is 89.0 Å². The van der Waals surface area contributed by atoms with Crippen LogP contribution in [-0.2, 0) is 20.2 Å². The van der Waals surface area contributed by atoms with Crippen molar-refractivity contribution in [2.75, 3.05) is 18.0 Å². The summed E-state index contributed by atoms with van der Waals surface area (Å²) in [6.45, 7) is 11.5. The Labute approximate surface area is 220 Å². The Balaban J connectivity index is 1.91. The van der Waals surface area contributed by atoms with Gasteiger partial charge < -0.3 is 4.74 Å². The molecule has 3 rings (SSSR count). The molecule has 0 atom stereocenters. The topological polar surface area (TPSA) is 88.1 Å². The van der Waals surface area contributed by atoms with E-state index in [1.165, 1.54) is 24.8 Å². The van der Waals surface area contributed by atoms with Crippen LogP contribution in [0.25, 0.3) is 0 Å². The highest BCUT2D eigenvalue weighted by Gasteiger charge is 2.29. The molecule has 0 saturated carbocycles. The van der Waals surface area contributed by atoms with Crippen LogP contribution in [0.4, 0.5) is 5.69 Å². The highest BCUT2D eigenvalue weighted by atomic mass is 32.2. The van der Waals surface area contributed by atoms with Crippen molar-refractivity contribution in [3.63, 3.8) is 0 Å². The van der Waals surface area contributed by atoms with Crippen molar-refractivity contribution in [2.45, 2.75) is 51.9 Å². The first-order valence-corrected chi connectivity index (χ1v) is 13.4. The van der Waals surface area contributed by atoms with Crippen molar-refractivity contribution in [1.29, 1.82) is 0 Å². The standard InChI is InChI=1S/C29H35N3O4S/c1-20-8-15-25(16-9-20)37(34,35)32(26-18-21(2)10-17-27(26)36-7)19-28(33)31-30-22(3)23-11-13-24(14-12-23)29(4,5)6/h8-18H,19H2,1-7H3,(H,31,33)/b30-22-. The summed E-state index contributed by atoms with van der Waals surface area (Å²) in [5.74, 6) is -0.238. The minimum absolute atomic E-state index is 0.0288. The number of rotatable bonds is 8. The molecule has 0 aliphatic carbocycles. The fourth-order valence-corrected chi connectivity index (χ4v) is 5.14. The second-order valence-corrected chi connectivity index (χ2v) is 11.9. The van der Waals surface area contributed by atoms with Crippen LogP contribution in [0, 0.1) is 13.8 Å². The normalized spacial score (nSPS) is 12.2. The van der Waals surface area contributed by atoms with Crippen LogP contribution in [0.1, 0.15) is 49.9 Å². The molecule has 0 radical (unpaired) electrons. The van der Waals surface area contributed by atoms with Crippen molar-refractivity contribution < 1.29 is 17.9 Å². The number of nitrogens with zero attached hydrogens (tertiary/aromatic N) is 2. The van der Waals surface area contributed by atoms with E-state index in [4.69, 9.17) is 4.74 Å². The van der Waals surface area contributed by atoms with E-state index in [-0.39, 0.29) is 16.0 Å². The zero-order chi connectivity index (χ0) is 27.4. The Morgan fingerprint density at radius 2 is 1.54 bits per heavy atom. The third kappa shape index (κ3) is 6.77. The van der Waals surface area contributed by atoms with Gasteiger partial charge in [0.25, 0.3) is 15.9 Å². The maximum atomic E-state index is 13.7. The molecule has 0 aromatic heterocycles. The molecule has 3 aromatic rings. The van der Waals surface area contributed by atoms with E-state index in [0.717, 1.165) is 21.0 Å². The van der Waals surface area contributed by atoms with E-state index >= 15 is 0 Å². The number of sulfonamides is 1. The average Bonchev–Trinajstić information content (AvgIpc) is 2.85. The summed E-state index contributed by atoms with van der Waals surface area (Å²) in [4.78, 5) is 13.1. The van der Waals surface area contributed by atoms with E-state index in [2.05, 4.69) is 31.3 Å². The van der Waals surface area contributed by atoms with E-state index in [9.17, 15) is 13.2 Å². The monoisotopic (exact) mass is 521 g/mol. The van der Waals surface area contributed by atoms with Gasteiger partial charge in [0.05, 0.1) is 23.4 Å². The summed E-state index contributed by atoms with van der Waals surface area (Å²) >= 11 is 0. The van der Waals surface area contributed by atoms with E-state index in [0.29, 0.717) is 11.5 Å². The molecule has 1 amide bonds. The van der Waals surface area contributed by atoms with Gasteiger partial charge in [-0.2, -0.15) is 5.10 Å². The number of carbonyl (C=O) groups excluding carboxylic acids is 1. The number of carbonyl (C=O) groups is 1. The van der Waals surface area contributed by atoms with Crippen LogP contribution >= 0.6 is 0 Å². The Morgan fingerprint density at radius 1 is 0.946 bits per heavy atom. The first kappa shape index (κ1) is 27.9. The molecule has 0 heterocycles. The fraction of sp³-hybridized carbons (Fsp3) is 0.310. The van der Waals surface area contributed by atoms with E-state index < -0.39 is 22.5 Å². The Morgan fingerprint density at radius 3 is 2.11 bits per heavy atom. The highest BCUT2D eigenvalue weighted by molar-refractivity contribution is 7.92. The average molecular weight is 522 g/mol. The van der Waals surface area contributed by atoms with Crippen LogP contribution in [0.15, 0.2) is 76.7 Å². The molecule has 0 unspecified atom stereocenters. The predicted octanol–water partition coefficient (Wildman–Crippen LogP) is 5.35. The summed E-state index contributed by atoms with van der Waals surface area (Å²) in [5, 5.41) is 4.22. The first-order chi connectivity index (χ1) is 17.3. The van der Waals surface area contributed by atoms with Crippen LogP contribution in [0.3, 0.4) is 0 Å². The van der Waals surface area contributed by atoms with Crippen molar-refractivity contribution in [1.82, 2.24) is 5.43 Å². The smallest absolute Gasteiger partial charge is 0.264 e. The number of hydrogen-bond donors (Lipinski definition) is 1. The molecule has 37 heavy (non-hydrogen) atoms. The van der Waals surface area contributed by atoms with Crippen molar-refractivity contribution in [3.8, 4) is 5.75 Å². The van der Waals surface area contributed by atoms with E-state index in [1.807, 2.05) is 44.2 Å². The molecule has 0 aliphatic rings. The molecule has 0 saturated heterocycles. The fourth-order valence-electron chi connectivity index (χ4n) is 3.72. The molecule has 196 valence electrons. The van der Waals surface area contributed by atoms with Gasteiger partial charge >= 0.3 is 0 Å². The third-order valence-corrected chi connectivity index (χ3v) is 7.79. The summed E-state index contributed by atoms with van der Waals surface area (Å²) in [6.07, 6.45) is 0. The summed E-state index contributed by atoms with van der Waals surface area (Å²) in [7, 11) is -2.62. The van der Waals surface area contributed by atoms with Gasteiger partial charge in [-0.25, -0.2) is 13.8 Å². The zero-order valence-electron chi connectivity index (χ0n) is 22.5. The van der Waals surface area contributed by atoms with Crippen LogP contribution in [0.2, 0.25) is 0 Å². The number of anilines is 1. The van der Waals surface area contributed by atoms with Gasteiger partial charge in [0.15, 0.2) is 0 Å². The number of hydrazone groups is 1. The van der Waals surface area contributed by atoms with Crippen LogP contribution in [0.5, 0.6) is 5.75 Å². The summed E-state index contributed by atoms with van der Waals surface area (Å²) < 4.78 is 33.9. The predicted molar refractivity (Wildman–Crippen MR) is 149 cm³/mol. The molecular weight excluding hydrogens is 486 g/mol. The first-order valence-electron chi connectivity index (χ1n) is 12.0. The lowest BCUT2D eigenvalue weighted by atomic mass is 9.86. The van der Waals surface area contributed by atoms with Gasteiger partial charge in [-0.15, -0.1) is 0 Å². The molecule has 0 bridgehead atoms. The quantitative estimate of drug-likeness (QED) is 0.320. The van der Waals surface area contributed by atoms with Gasteiger partial charge in [-0.1, -0.05) is 68.8 Å².